The molecule has 0 spiro atoms. The zero-order valence-electron chi connectivity index (χ0n) is 7.36. The number of carboxylic acid groups (broad SMARTS) is 1. The van der Waals surface area contributed by atoms with E-state index in [1.807, 2.05) is 0 Å². The third-order valence-electron chi connectivity index (χ3n) is 1.85. The van der Waals surface area contributed by atoms with E-state index in [1.165, 1.54) is 6.08 Å². The molecule has 7 heteroatoms. The number of carboxylic acids is 1. The second-order valence-electron chi connectivity index (χ2n) is 2.95. The minimum Gasteiger partial charge on any atom is -0.476 e. The quantitative estimate of drug-likeness (QED) is 0.639. The molecule has 15 heavy (non-hydrogen) atoms. The van der Waals surface area contributed by atoms with Gasteiger partial charge < -0.3 is 5.11 Å². The van der Waals surface area contributed by atoms with Gasteiger partial charge in [0.25, 0.3) is 4.62 Å². The van der Waals surface area contributed by atoms with Crippen molar-refractivity contribution in [3.63, 3.8) is 0 Å². The second kappa shape index (κ2) is 4.42. The Morgan fingerprint density at radius 1 is 1.47 bits per heavy atom. The van der Waals surface area contributed by atoms with Crippen molar-refractivity contribution < 1.29 is 14.5 Å². The number of rotatable bonds is 3. The van der Waals surface area contributed by atoms with Crippen LogP contribution in [0.2, 0.25) is 0 Å². The van der Waals surface area contributed by atoms with E-state index < -0.39 is 22.5 Å². The molecule has 1 N–H and O–H groups in total. The van der Waals surface area contributed by atoms with Crippen LogP contribution in [0.15, 0.2) is 24.3 Å². The summed E-state index contributed by atoms with van der Waals surface area (Å²) in [5.41, 5.74) is 0. The van der Waals surface area contributed by atoms with Gasteiger partial charge in [0.2, 0.25) is 0 Å². The number of hydrogen-bond acceptors (Lipinski definition) is 2. The minimum absolute atomic E-state index is 0.231. The SMILES string of the molecule is O=C(O)C(Cl)(Cl)[P+](=O)C1(Cl)C=CC=CC1. The zero-order chi connectivity index (χ0) is 11.7. The summed E-state index contributed by atoms with van der Waals surface area (Å²) >= 11 is 17.0. The predicted octanol–water partition coefficient (Wildman–Crippen LogP) is 3.48. The molecule has 1 aliphatic rings. The van der Waals surface area contributed by atoms with E-state index in [4.69, 9.17) is 39.9 Å². The van der Waals surface area contributed by atoms with Gasteiger partial charge in [-0.1, -0.05) is 34.4 Å². The predicted molar refractivity (Wildman–Crippen MR) is 61.2 cm³/mol. The van der Waals surface area contributed by atoms with Crippen molar-refractivity contribution in [2.75, 3.05) is 0 Å². The first-order chi connectivity index (χ1) is 6.81. The minimum atomic E-state index is -2.55. The van der Waals surface area contributed by atoms with Crippen LogP contribution in [-0.2, 0) is 9.36 Å². The fourth-order valence-electron chi connectivity index (χ4n) is 1.05. The highest BCUT2D eigenvalue weighted by Gasteiger charge is 2.63. The molecule has 0 aromatic rings. The molecule has 0 aromatic carbocycles. The van der Waals surface area contributed by atoms with Gasteiger partial charge in [-0.3, -0.25) is 0 Å². The molecule has 2 unspecified atom stereocenters. The summed E-state index contributed by atoms with van der Waals surface area (Å²) in [6.07, 6.45) is 6.64. The maximum Gasteiger partial charge on any atom is 0.416 e. The van der Waals surface area contributed by atoms with Crippen LogP contribution in [0, 0.1) is 0 Å². The summed E-state index contributed by atoms with van der Waals surface area (Å²) in [6.45, 7) is 0. The van der Waals surface area contributed by atoms with Crippen LogP contribution in [0.25, 0.3) is 0 Å². The van der Waals surface area contributed by atoms with E-state index in [9.17, 15) is 9.36 Å². The maximum absolute atomic E-state index is 11.9. The van der Waals surface area contributed by atoms with Crippen LogP contribution < -0.4 is 0 Å². The average Bonchev–Trinajstić information content (AvgIpc) is 2.17. The first kappa shape index (κ1) is 13.0. The summed E-state index contributed by atoms with van der Waals surface area (Å²) in [7, 11) is -2.55. The highest BCUT2D eigenvalue weighted by Crippen LogP contribution is 2.60. The molecule has 0 radical (unpaired) electrons. The molecule has 2 atom stereocenters. The molecule has 0 aliphatic heterocycles. The van der Waals surface area contributed by atoms with Gasteiger partial charge in [0.1, 0.15) is 0 Å². The molecule has 0 saturated heterocycles. The first-order valence-corrected chi connectivity index (χ1v) is 6.32. The van der Waals surface area contributed by atoms with E-state index in [-0.39, 0.29) is 6.42 Å². The van der Waals surface area contributed by atoms with Gasteiger partial charge in [0.05, 0.1) is 0 Å². The highest BCUT2D eigenvalue weighted by atomic mass is 35.5. The summed E-state index contributed by atoms with van der Waals surface area (Å²) in [4.78, 5) is 10.7. The molecule has 0 aromatic heterocycles. The molecule has 0 saturated carbocycles. The topological polar surface area (TPSA) is 54.4 Å². The lowest BCUT2D eigenvalue weighted by molar-refractivity contribution is -0.135. The van der Waals surface area contributed by atoms with Crippen LogP contribution in [0.5, 0.6) is 0 Å². The molecular formula is C8H7Cl3O3P+. The molecule has 0 fully saturated rings. The van der Waals surface area contributed by atoms with Gasteiger partial charge >= 0.3 is 17.8 Å². The summed E-state index contributed by atoms with van der Waals surface area (Å²) in [6, 6.07) is 0. The summed E-state index contributed by atoms with van der Waals surface area (Å²) in [5.74, 6) is -1.56. The van der Waals surface area contributed by atoms with Gasteiger partial charge in [-0.15, -0.1) is 0 Å². The Hall–Kier alpha value is -0.0800. The monoisotopic (exact) mass is 287 g/mol. The largest absolute Gasteiger partial charge is 0.476 e. The van der Waals surface area contributed by atoms with Crippen molar-refractivity contribution in [1.82, 2.24) is 0 Å². The van der Waals surface area contributed by atoms with Gasteiger partial charge in [-0.25, -0.2) is 4.79 Å². The van der Waals surface area contributed by atoms with Gasteiger partial charge in [-0.2, -0.15) is 0 Å². The smallest absolute Gasteiger partial charge is 0.416 e. The Bertz CT molecular complexity index is 364. The molecule has 3 nitrogen and oxygen atoms in total. The van der Waals surface area contributed by atoms with Crippen molar-refractivity contribution in [2.24, 2.45) is 0 Å². The lowest BCUT2D eigenvalue weighted by Gasteiger charge is -2.16. The average molecular weight is 288 g/mol. The molecular weight excluding hydrogens is 281 g/mol. The Kier molecular flexibility index (Phi) is 3.83. The maximum atomic E-state index is 11.9. The van der Waals surface area contributed by atoms with Crippen LogP contribution >= 0.6 is 42.6 Å². The number of aliphatic carboxylic acids is 1. The second-order valence-corrected chi connectivity index (χ2v) is 7.80. The first-order valence-electron chi connectivity index (χ1n) is 3.92. The normalized spacial score (nSPS) is 26.5. The van der Waals surface area contributed by atoms with E-state index in [2.05, 4.69) is 0 Å². The third kappa shape index (κ3) is 2.54. The fraction of sp³-hybridized carbons (Fsp3) is 0.375. The summed E-state index contributed by atoms with van der Waals surface area (Å²) in [5, 5.41) is 8.71. The standard InChI is InChI=1S/C8H6Cl3O3P/c9-7(4-2-1-3-5-7)15(14)8(10,11)6(12)13/h1-4H,5H2/p+1. The Morgan fingerprint density at radius 3 is 2.47 bits per heavy atom. The van der Waals surface area contributed by atoms with Crippen molar-refractivity contribution in [3.8, 4) is 0 Å². The Balaban J connectivity index is 2.99. The highest BCUT2D eigenvalue weighted by molar-refractivity contribution is 7.57. The van der Waals surface area contributed by atoms with Gasteiger partial charge in [0.15, 0.2) is 0 Å². The number of hydrogen-bond donors (Lipinski definition) is 1. The van der Waals surface area contributed by atoms with Crippen molar-refractivity contribution in [2.45, 2.75) is 15.1 Å². The van der Waals surface area contributed by atoms with Crippen molar-refractivity contribution in [1.29, 1.82) is 0 Å². The molecule has 1 rings (SSSR count). The molecule has 0 amide bonds. The van der Waals surface area contributed by atoms with Crippen LogP contribution in [0.1, 0.15) is 6.42 Å². The molecule has 82 valence electrons. The third-order valence-corrected chi connectivity index (χ3v) is 5.55. The van der Waals surface area contributed by atoms with Gasteiger partial charge in [0, 0.05) is 6.42 Å². The van der Waals surface area contributed by atoms with E-state index in [0.29, 0.717) is 0 Å². The van der Waals surface area contributed by atoms with Crippen LogP contribution in [0.4, 0.5) is 0 Å². The van der Waals surface area contributed by atoms with Gasteiger partial charge in [-0.05, 0) is 29.3 Å². The number of carbonyl (C=O) groups is 1. The lowest BCUT2D eigenvalue weighted by Crippen LogP contribution is -2.29. The van der Waals surface area contributed by atoms with E-state index in [1.54, 1.807) is 18.2 Å². The van der Waals surface area contributed by atoms with E-state index >= 15 is 0 Å². The zero-order valence-corrected chi connectivity index (χ0v) is 10.5. The lowest BCUT2D eigenvalue weighted by atomic mass is 10.2. The molecule has 0 heterocycles. The fourth-order valence-corrected chi connectivity index (χ4v) is 3.89. The number of halogens is 3. The molecule has 1 aliphatic carbocycles. The molecule has 0 bridgehead atoms. The Labute approximate surface area is 102 Å². The number of allylic oxidation sites excluding steroid dienone is 4. The Morgan fingerprint density at radius 2 is 2.07 bits per heavy atom. The van der Waals surface area contributed by atoms with E-state index in [0.717, 1.165) is 0 Å². The van der Waals surface area contributed by atoms with Crippen molar-refractivity contribution >= 4 is 48.6 Å². The van der Waals surface area contributed by atoms with Crippen LogP contribution in [0.3, 0.4) is 0 Å². The van der Waals surface area contributed by atoms with Crippen LogP contribution in [-0.4, -0.2) is 19.8 Å². The summed E-state index contributed by atoms with van der Waals surface area (Å²) < 4.78 is 8.17. The van der Waals surface area contributed by atoms with Crippen molar-refractivity contribution in [3.05, 3.63) is 24.3 Å². The number of alkyl halides is 3.